The van der Waals surface area contributed by atoms with Gasteiger partial charge in [-0.25, -0.2) is 22.5 Å². The lowest BCUT2D eigenvalue weighted by Crippen LogP contribution is -2.43. The molecule has 0 saturated carbocycles. The molecule has 1 unspecified atom stereocenters. The molecule has 2 heterocycles. The summed E-state index contributed by atoms with van der Waals surface area (Å²) in [4.78, 5) is 16.1. The predicted octanol–water partition coefficient (Wildman–Crippen LogP) is 2.41. The van der Waals surface area contributed by atoms with E-state index in [1.165, 1.54) is 24.5 Å². The highest BCUT2D eigenvalue weighted by Crippen LogP contribution is 2.34. The van der Waals surface area contributed by atoms with Crippen molar-refractivity contribution in [3.8, 4) is 0 Å². The van der Waals surface area contributed by atoms with Crippen molar-refractivity contribution in [1.29, 1.82) is 0 Å². The fourth-order valence-electron chi connectivity index (χ4n) is 2.80. The Bertz CT molecular complexity index is 1130. The number of nitrogens with one attached hydrogen (secondary N) is 2. The van der Waals surface area contributed by atoms with Crippen molar-refractivity contribution in [2.75, 3.05) is 18.1 Å². The molecule has 0 spiro atoms. The minimum Gasteiger partial charge on any atom is -0.321 e. The highest BCUT2D eigenvalue weighted by Gasteiger charge is 2.30. The maximum atomic E-state index is 13.0. The van der Waals surface area contributed by atoms with Gasteiger partial charge in [-0.05, 0) is 60.6 Å². The minimum atomic E-state index is -3.52. The van der Waals surface area contributed by atoms with Crippen molar-refractivity contribution in [1.82, 2.24) is 9.71 Å². The Hall–Kier alpha value is -2.40. The first-order valence-electron chi connectivity index (χ1n) is 8.26. The number of halogens is 1. The molecule has 0 aliphatic carbocycles. The third kappa shape index (κ3) is 4.36. The van der Waals surface area contributed by atoms with Crippen molar-refractivity contribution in [2.45, 2.75) is 12.5 Å². The van der Waals surface area contributed by atoms with E-state index in [9.17, 15) is 17.6 Å². The molecule has 2 aromatic heterocycles. The molecule has 0 saturated heterocycles. The number of pyridine rings is 1. The number of carbonyl (C=O) groups excluding carboxylic acids is 1. The van der Waals surface area contributed by atoms with E-state index >= 15 is 0 Å². The predicted molar refractivity (Wildman–Crippen MR) is 108 cm³/mol. The second kappa shape index (κ2) is 7.55. The molecule has 7 nitrogen and oxygen atoms in total. The lowest BCUT2D eigenvalue weighted by Gasteiger charge is -2.24. The second-order valence-electron chi connectivity index (χ2n) is 6.56. The van der Waals surface area contributed by atoms with Crippen molar-refractivity contribution in [3.05, 3.63) is 59.0 Å². The van der Waals surface area contributed by atoms with E-state index in [1.807, 2.05) is 11.4 Å². The van der Waals surface area contributed by atoms with Gasteiger partial charge in [-0.1, -0.05) is 0 Å². The first-order chi connectivity index (χ1) is 13.1. The van der Waals surface area contributed by atoms with E-state index in [0.29, 0.717) is 11.3 Å². The van der Waals surface area contributed by atoms with Crippen molar-refractivity contribution >= 4 is 43.0 Å². The molecule has 1 amide bonds. The van der Waals surface area contributed by atoms with Crippen LogP contribution in [0.3, 0.4) is 0 Å². The number of nitrogens with two attached hydrogens (primary N) is 1. The number of amides is 1. The number of thiophene rings is 1. The van der Waals surface area contributed by atoms with Crippen LogP contribution in [0.2, 0.25) is 0 Å². The molecular weight excluding hydrogens is 403 g/mol. The fraction of sp³-hybridized carbons (Fsp3) is 0.222. The summed E-state index contributed by atoms with van der Waals surface area (Å²) < 4.78 is 40.1. The zero-order valence-electron chi connectivity index (χ0n) is 15.2. The standard InChI is InChI=1S/C18H19FN4O3S2/c1-18(20,10-28(25,26)21-2)14-9-27-16-6-4-12(7-13(14)16)23-17(24)15-5-3-11(19)8-22-15/h3-9,21H,10,20H2,1-2H3,(H,23,24). The average molecular weight is 423 g/mol. The van der Waals surface area contributed by atoms with E-state index in [0.717, 1.165) is 22.3 Å². The van der Waals surface area contributed by atoms with Gasteiger partial charge in [0, 0.05) is 10.4 Å². The number of anilines is 1. The van der Waals surface area contributed by atoms with E-state index in [4.69, 9.17) is 5.73 Å². The molecule has 4 N–H and O–H groups in total. The van der Waals surface area contributed by atoms with Crippen LogP contribution in [0, 0.1) is 5.82 Å². The highest BCUT2D eigenvalue weighted by molar-refractivity contribution is 7.89. The van der Waals surface area contributed by atoms with Gasteiger partial charge >= 0.3 is 0 Å². The Labute approximate surface area is 165 Å². The molecule has 0 fully saturated rings. The maximum absolute atomic E-state index is 13.0. The van der Waals surface area contributed by atoms with Crippen molar-refractivity contribution in [2.24, 2.45) is 5.73 Å². The maximum Gasteiger partial charge on any atom is 0.274 e. The van der Waals surface area contributed by atoms with Crippen LogP contribution in [0.1, 0.15) is 23.0 Å². The number of hydrogen-bond donors (Lipinski definition) is 3. The lowest BCUT2D eigenvalue weighted by atomic mass is 9.95. The number of rotatable bonds is 6. The number of fused-ring (bicyclic) bond motifs is 1. The van der Waals surface area contributed by atoms with Crippen LogP contribution in [0.5, 0.6) is 0 Å². The average Bonchev–Trinajstić information content (AvgIpc) is 3.05. The molecule has 0 bridgehead atoms. The summed E-state index contributed by atoms with van der Waals surface area (Å²) in [6, 6.07) is 7.73. The smallest absolute Gasteiger partial charge is 0.274 e. The lowest BCUT2D eigenvalue weighted by molar-refractivity contribution is 0.102. The normalized spacial score (nSPS) is 14.0. The second-order valence-corrected chi connectivity index (χ2v) is 9.39. The van der Waals surface area contributed by atoms with Gasteiger partial charge in [0.1, 0.15) is 11.5 Å². The molecule has 3 aromatic rings. The van der Waals surface area contributed by atoms with Gasteiger partial charge in [-0.15, -0.1) is 11.3 Å². The molecule has 0 radical (unpaired) electrons. The Morgan fingerprint density at radius 3 is 2.71 bits per heavy atom. The summed E-state index contributed by atoms with van der Waals surface area (Å²) in [5.41, 5.74) is 6.44. The van der Waals surface area contributed by atoms with Crippen LogP contribution in [-0.2, 0) is 15.6 Å². The Morgan fingerprint density at radius 2 is 2.07 bits per heavy atom. The molecule has 1 atom stereocenters. The van der Waals surface area contributed by atoms with Crippen LogP contribution >= 0.6 is 11.3 Å². The van der Waals surface area contributed by atoms with Gasteiger partial charge in [-0.3, -0.25) is 4.79 Å². The van der Waals surface area contributed by atoms with Gasteiger partial charge in [0.05, 0.1) is 17.5 Å². The van der Waals surface area contributed by atoms with Crippen LogP contribution in [0.15, 0.2) is 41.9 Å². The first kappa shape index (κ1) is 20.3. The Morgan fingerprint density at radius 1 is 1.32 bits per heavy atom. The van der Waals surface area contributed by atoms with Crippen LogP contribution in [0.25, 0.3) is 10.1 Å². The number of nitrogens with zero attached hydrogens (tertiary/aromatic N) is 1. The zero-order valence-corrected chi connectivity index (χ0v) is 16.8. The summed E-state index contributed by atoms with van der Waals surface area (Å²) in [5, 5.41) is 5.29. The summed E-state index contributed by atoms with van der Waals surface area (Å²) in [6.45, 7) is 1.65. The van der Waals surface area contributed by atoms with Gasteiger partial charge in [0.25, 0.3) is 5.91 Å². The summed E-state index contributed by atoms with van der Waals surface area (Å²) >= 11 is 1.44. The third-order valence-electron chi connectivity index (χ3n) is 4.21. The van der Waals surface area contributed by atoms with Gasteiger partial charge < -0.3 is 11.1 Å². The topological polar surface area (TPSA) is 114 Å². The van der Waals surface area contributed by atoms with Crippen LogP contribution < -0.4 is 15.8 Å². The minimum absolute atomic E-state index is 0.0795. The summed E-state index contributed by atoms with van der Waals surface area (Å²) in [5.74, 6) is -1.29. The Balaban J connectivity index is 1.92. The van der Waals surface area contributed by atoms with Gasteiger partial charge in [0.2, 0.25) is 10.0 Å². The summed E-state index contributed by atoms with van der Waals surface area (Å²) in [7, 11) is -2.18. The number of benzene rings is 1. The van der Waals surface area contributed by atoms with E-state index in [-0.39, 0.29) is 11.4 Å². The number of carbonyl (C=O) groups is 1. The molecule has 0 aliphatic heterocycles. The SMILES string of the molecule is CNS(=O)(=O)CC(C)(N)c1csc2ccc(NC(=O)c3ccc(F)cn3)cc12. The van der Waals surface area contributed by atoms with Crippen LogP contribution in [0.4, 0.5) is 10.1 Å². The number of aromatic nitrogens is 1. The van der Waals surface area contributed by atoms with E-state index < -0.39 is 27.3 Å². The zero-order chi connectivity index (χ0) is 20.5. The monoisotopic (exact) mass is 422 g/mol. The summed E-state index contributed by atoms with van der Waals surface area (Å²) in [6.07, 6.45) is 0.969. The molecule has 28 heavy (non-hydrogen) atoms. The largest absolute Gasteiger partial charge is 0.321 e. The highest BCUT2D eigenvalue weighted by atomic mass is 32.2. The molecular formula is C18H19FN4O3S2. The number of sulfonamides is 1. The van der Waals surface area contributed by atoms with Gasteiger partial charge in [0.15, 0.2) is 0 Å². The van der Waals surface area contributed by atoms with E-state index in [1.54, 1.807) is 19.1 Å². The molecule has 148 valence electrons. The van der Waals surface area contributed by atoms with Gasteiger partial charge in [-0.2, -0.15) is 0 Å². The first-order valence-corrected chi connectivity index (χ1v) is 10.8. The molecule has 10 heteroatoms. The fourth-order valence-corrected chi connectivity index (χ4v) is 4.97. The van der Waals surface area contributed by atoms with Crippen molar-refractivity contribution < 1.29 is 17.6 Å². The van der Waals surface area contributed by atoms with E-state index in [2.05, 4.69) is 15.0 Å². The van der Waals surface area contributed by atoms with Crippen LogP contribution in [-0.4, -0.2) is 32.1 Å². The molecule has 3 rings (SSSR count). The Kier molecular flexibility index (Phi) is 5.48. The molecule has 1 aromatic carbocycles. The quantitative estimate of drug-likeness (QED) is 0.564. The molecule has 0 aliphatic rings. The number of hydrogen-bond acceptors (Lipinski definition) is 6. The van der Waals surface area contributed by atoms with Crippen molar-refractivity contribution in [3.63, 3.8) is 0 Å². The third-order valence-corrected chi connectivity index (χ3v) is 6.77.